The molecule has 4 heteroatoms. The molecule has 0 atom stereocenters. The lowest BCUT2D eigenvalue weighted by Crippen LogP contribution is -2.15. The number of fused-ring (bicyclic) bond motifs is 1. The van der Waals surface area contributed by atoms with E-state index in [1.165, 1.54) is 11.8 Å². The molecular weight excluding hydrogens is 186 g/mol. The first-order valence-electron chi connectivity index (χ1n) is 3.92. The zero-order valence-electron chi connectivity index (χ0n) is 7.16. The van der Waals surface area contributed by atoms with E-state index in [-0.39, 0.29) is 5.12 Å². The van der Waals surface area contributed by atoms with Gasteiger partial charge in [0, 0.05) is 10.6 Å². The molecule has 1 aliphatic rings. The van der Waals surface area contributed by atoms with Crippen molar-refractivity contribution in [3.63, 3.8) is 0 Å². The minimum Gasteiger partial charge on any atom is -0.497 e. The van der Waals surface area contributed by atoms with Crippen molar-refractivity contribution in [1.82, 2.24) is 0 Å². The SMILES string of the molecule is COc1ccc2c(c1)SC(=O)CN2. The smallest absolute Gasteiger partial charge is 0.212 e. The summed E-state index contributed by atoms with van der Waals surface area (Å²) in [4.78, 5) is 12.0. The Balaban J connectivity index is 2.38. The maximum atomic E-state index is 11.1. The number of carbonyl (C=O) groups excluding carboxylic acids is 1. The Kier molecular flexibility index (Phi) is 2.14. The van der Waals surface area contributed by atoms with Crippen molar-refractivity contribution in [2.45, 2.75) is 4.90 Å². The topological polar surface area (TPSA) is 38.3 Å². The van der Waals surface area contributed by atoms with Gasteiger partial charge in [0.15, 0.2) is 0 Å². The summed E-state index contributed by atoms with van der Waals surface area (Å²) < 4.78 is 5.06. The van der Waals surface area contributed by atoms with Gasteiger partial charge in [-0.1, -0.05) is 0 Å². The lowest BCUT2D eigenvalue weighted by molar-refractivity contribution is -0.109. The van der Waals surface area contributed by atoms with Crippen LogP contribution in [0.25, 0.3) is 0 Å². The van der Waals surface area contributed by atoms with Crippen molar-refractivity contribution in [2.75, 3.05) is 19.0 Å². The van der Waals surface area contributed by atoms with Gasteiger partial charge in [0.2, 0.25) is 5.12 Å². The van der Waals surface area contributed by atoms with Crippen LogP contribution in [0.4, 0.5) is 5.69 Å². The summed E-state index contributed by atoms with van der Waals surface area (Å²) in [6, 6.07) is 5.67. The van der Waals surface area contributed by atoms with E-state index < -0.39 is 0 Å². The quantitative estimate of drug-likeness (QED) is 0.740. The van der Waals surface area contributed by atoms with E-state index in [0.717, 1.165) is 16.3 Å². The fourth-order valence-corrected chi connectivity index (χ4v) is 2.00. The fourth-order valence-electron chi connectivity index (χ4n) is 1.19. The molecule has 1 aromatic carbocycles. The van der Waals surface area contributed by atoms with E-state index in [1.807, 2.05) is 18.2 Å². The third-order valence-corrected chi connectivity index (χ3v) is 2.77. The molecular formula is C9H9NO2S. The lowest BCUT2D eigenvalue weighted by atomic mass is 10.3. The number of anilines is 1. The number of thioether (sulfide) groups is 1. The summed E-state index contributed by atoms with van der Waals surface area (Å²) in [5.41, 5.74) is 1.01. The predicted molar refractivity (Wildman–Crippen MR) is 52.3 cm³/mol. The number of carbonyl (C=O) groups is 1. The van der Waals surface area contributed by atoms with Crippen LogP contribution in [0.5, 0.6) is 5.75 Å². The summed E-state index contributed by atoms with van der Waals surface area (Å²) in [5.74, 6) is 0.780. The normalized spacial score (nSPS) is 14.7. The molecule has 1 N–H and O–H groups in total. The molecule has 2 rings (SSSR count). The van der Waals surface area contributed by atoms with Gasteiger partial charge in [0.05, 0.1) is 13.7 Å². The minimum absolute atomic E-state index is 0.140. The second-order valence-electron chi connectivity index (χ2n) is 2.69. The van der Waals surface area contributed by atoms with Crippen molar-refractivity contribution in [2.24, 2.45) is 0 Å². The highest BCUT2D eigenvalue weighted by atomic mass is 32.2. The highest BCUT2D eigenvalue weighted by Crippen LogP contribution is 2.34. The number of benzene rings is 1. The van der Waals surface area contributed by atoms with Gasteiger partial charge in [0.25, 0.3) is 0 Å². The molecule has 3 nitrogen and oxygen atoms in total. The molecule has 0 saturated carbocycles. The standard InChI is InChI=1S/C9H9NO2S/c1-12-6-2-3-7-8(4-6)13-9(11)5-10-7/h2-4,10H,5H2,1H3. The van der Waals surface area contributed by atoms with E-state index in [9.17, 15) is 4.79 Å². The summed E-state index contributed by atoms with van der Waals surface area (Å²) in [6.45, 7) is 0.407. The highest BCUT2D eigenvalue weighted by molar-refractivity contribution is 8.14. The van der Waals surface area contributed by atoms with Gasteiger partial charge in [0.1, 0.15) is 5.75 Å². The van der Waals surface area contributed by atoms with Crippen molar-refractivity contribution in [3.8, 4) is 5.75 Å². The van der Waals surface area contributed by atoms with Crippen LogP contribution in [0.3, 0.4) is 0 Å². The molecule has 0 unspecified atom stereocenters. The number of rotatable bonds is 1. The summed E-state index contributed by atoms with van der Waals surface area (Å²) in [7, 11) is 1.62. The van der Waals surface area contributed by atoms with Crippen molar-refractivity contribution >= 4 is 22.6 Å². The molecule has 1 aliphatic heterocycles. The van der Waals surface area contributed by atoms with Crippen LogP contribution in [0.15, 0.2) is 23.1 Å². The van der Waals surface area contributed by atoms with Gasteiger partial charge in [-0.25, -0.2) is 0 Å². The van der Waals surface area contributed by atoms with Crippen molar-refractivity contribution in [3.05, 3.63) is 18.2 Å². The molecule has 0 fully saturated rings. The minimum atomic E-state index is 0.140. The maximum absolute atomic E-state index is 11.1. The Bertz CT molecular complexity index is 351. The van der Waals surface area contributed by atoms with Gasteiger partial charge in [-0.05, 0) is 30.0 Å². The van der Waals surface area contributed by atoms with Gasteiger partial charge in [-0.15, -0.1) is 0 Å². The van der Waals surface area contributed by atoms with E-state index in [1.54, 1.807) is 7.11 Å². The third kappa shape index (κ3) is 1.62. The van der Waals surface area contributed by atoms with Gasteiger partial charge in [-0.3, -0.25) is 4.79 Å². The van der Waals surface area contributed by atoms with E-state index in [0.29, 0.717) is 6.54 Å². The molecule has 13 heavy (non-hydrogen) atoms. The Labute approximate surface area is 80.5 Å². The molecule has 0 radical (unpaired) electrons. The van der Waals surface area contributed by atoms with Crippen LogP contribution < -0.4 is 10.1 Å². The van der Waals surface area contributed by atoms with Crippen LogP contribution >= 0.6 is 11.8 Å². The third-order valence-electron chi connectivity index (χ3n) is 1.84. The Morgan fingerprint density at radius 2 is 2.38 bits per heavy atom. The average molecular weight is 195 g/mol. The van der Waals surface area contributed by atoms with Gasteiger partial charge in [-0.2, -0.15) is 0 Å². The van der Waals surface area contributed by atoms with E-state index in [4.69, 9.17) is 4.74 Å². The predicted octanol–water partition coefficient (Wildman–Crippen LogP) is 1.74. The number of ether oxygens (including phenoxy) is 1. The second kappa shape index (κ2) is 3.30. The zero-order chi connectivity index (χ0) is 9.26. The maximum Gasteiger partial charge on any atom is 0.212 e. The van der Waals surface area contributed by atoms with Crippen LogP contribution in [-0.2, 0) is 4.79 Å². The fraction of sp³-hybridized carbons (Fsp3) is 0.222. The molecule has 68 valence electrons. The van der Waals surface area contributed by atoms with Crippen LogP contribution in [0.1, 0.15) is 0 Å². The van der Waals surface area contributed by atoms with Gasteiger partial charge < -0.3 is 10.1 Å². The molecule has 0 aromatic heterocycles. The van der Waals surface area contributed by atoms with Gasteiger partial charge >= 0.3 is 0 Å². The van der Waals surface area contributed by atoms with Crippen molar-refractivity contribution < 1.29 is 9.53 Å². The number of hydrogen-bond acceptors (Lipinski definition) is 4. The zero-order valence-corrected chi connectivity index (χ0v) is 7.98. The number of methoxy groups -OCH3 is 1. The Morgan fingerprint density at radius 1 is 1.54 bits per heavy atom. The molecule has 0 spiro atoms. The molecule has 1 heterocycles. The summed E-state index contributed by atoms with van der Waals surface area (Å²) in [6.07, 6.45) is 0. The van der Waals surface area contributed by atoms with Crippen LogP contribution in [-0.4, -0.2) is 18.8 Å². The monoisotopic (exact) mass is 195 g/mol. The van der Waals surface area contributed by atoms with Crippen LogP contribution in [0, 0.1) is 0 Å². The average Bonchev–Trinajstić information content (AvgIpc) is 2.16. The first-order chi connectivity index (χ1) is 6.29. The molecule has 0 amide bonds. The van der Waals surface area contributed by atoms with Crippen molar-refractivity contribution in [1.29, 1.82) is 0 Å². The molecule has 0 bridgehead atoms. The number of hydrogen-bond donors (Lipinski definition) is 1. The first-order valence-corrected chi connectivity index (χ1v) is 4.74. The van der Waals surface area contributed by atoms with E-state index in [2.05, 4.69) is 5.32 Å². The van der Waals surface area contributed by atoms with E-state index >= 15 is 0 Å². The lowest BCUT2D eigenvalue weighted by Gasteiger charge is -2.16. The highest BCUT2D eigenvalue weighted by Gasteiger charge is 2.15. The molecule has 1 aromatic rings. The largest absolute Gasteiger partial charge is 0.497 e. The first kappa shape index (κ1) is 8.44. The molecule has 0 saturated heterocycles. The molecule has 0 aliphatic carbocycles. The Hall–Kier alpha value is -1.16. The number of nitrogens with one attached hydrogen (secondary N) is 1. The Morgan fingerprint density at radius 3 is 3.15 bits per heavy atom. The summed E-state index contributed by atoms with van der Waals surface area (Å²) >= 11 is 1.26. The van der Waals surface area contributed by atoms with Crippen LogP contribution in [0.2, 0.25) is 0 Å². The summed E-state index contributed by atoms with van der Waals surface area (Å²) in [5, 5.41) is 3.18. The second-order valence-corrected chi connectivity index (χ2v) is 3.79.